The van der Waals surface area contributed by atoms with E-state index in [1.807, 2.05) is 24.3 Å². The number of halogens is 2. The number of benzene rings is 2. The van der Waals surface area contributed by atoms with Gasteiger partial charge < -0.3 is 14.8 Å². The van der Waals surface area contributed by atoms with E-state index in [4.69, 9.17) is 9.47 Å². The van der Waals surface area contributed by atoms with Gasteiger partial charge >= 0.3 is 6.01 Å². The summed E-state index contributed by atoms with van der Waals surface area (Å²) in [4.78, 5) is 7.81. The van der Waals surface area contributed by atoms with Crippen LogP contribution in [0.3, 0.4) is 0 Å². The van der Waals surface area contributed by atoms with Crippen LogP contribution in [0.2, 0.25) is 0 Å². The summed E-state index contributed by atoms with van der Waals surface area (Å²) in [6.07, 6.45) is 1.01. The van der Waals surface area contributed by atoms with Gasteiger partial charge in [-0.2, -0.15) is 4.98 Å². The molecule has 1 N–H and O–H groups in total. The van der Waals surface area contributed by atoms with Gasteiger partial charge in [-0.25, -0.2) is 13.8 Å². The van der Waals surface area contributed by atoms with Gasteiger partial charge in [-0.3, -0.25) is 0 Å². The topological polar surface area (TPSA) is 56.3 Å². The van der Waals surface area contributed by atoms with Gasteiger partial charge in [0, 0.05) is 12.1 Å². The van der Waals surface area contributed by atoms with Crippen molar-refractivity contribution in [3.63, 3.8) is 0 Å². The lowest BCUT2D eigenvalue weighted by Crippen LogP contribution is -2.08. The smallest absolute Gasteiger partial charge is 0.318 e. The molecule has 0 fully saturated rings. The van der Waals surface area contributed by atoms with Crippen LogP contribution >= 0.6 is 0 Å². The van der Waals surface area contributed by atoms with Gasteiger partial charge in [-0.05, 0) is 23.8 Å². The van der Waals surface area contributed by atoms with Crippen LogP contribution in [0.25, 0.3) is 0 Å². The summed E-state index contributed by atoms with van der Waals surface area (Å²) >= 11 is 0. The molecule has 0 unspecified atom stereocenters. The SMILES string of the molecule is COc1ccc(COc2ncc(F)c(NCc3ccccc3F)n2)cc1. The van der Waals surface area contributed by atoms with Crippen molar-refractivity contribution in [1.29, 1.82) is 0 Å². The molecule has 0 radical (unpaired) electrons. The Morgan fingerprint density at radius 1 is 1.00 bits per heavy atom. The second-order valence-corrected chi connectivity index (χ2v) is 5.43. The molecule has 0 aliphatic rings. The Kier molecular flexibility index (Phi) is 5.58. The van der Waals surface area contributed by atoms with E-state index in [1.54, 1.807) is 25.3 Å². The Labute approximate surface area is 149 Å². The third-order valence-corrected chi connectivity index (χ3v) is 3.65. The van der Waals surface area contributed by atoms with Crippen molar-refractivity contribution in [3.05, 3.63) is 77.5 Å². The maximum absolute atomic E-state index is 13.9. The number of hydrogen-bond donors (Lipinski definition) is 1. The highest BCUT2D eigenvalue weighted by Crippen LogP contribution is 2.17. The molecule has 0 bridgehead atoms. The maximum atomic E-state index is 13.9. The van der Waals surface area contributed by atoms with Gasteiger partial charge in [-0.15, -0.1) is 0 Å². The van der Waals surface area contributed by atoms with Crippen molar-refractivity contribution in [2.24, 2.45) is 0 Å². The Balaban J connectivity index is 1.64. The highest BCUT2D eigenvalue weighted by molar-refractivity contribution is 5.37. The van der Waals surface area contributed by atoms with Crippen LogP contribution in [0.4, 0.5) is 14.6 Å². The molecule has 134 valence electrons. The summed E-state index contributed by atoms with van der Waals surface area (Å²) in [6, 6.07) is 13.6. The first-order valence-corrected chi connectivity index (χ1v) is 7.91. The molecule has 0 aliphatic carbocycles. The molecular weight excluding hydrogens is 340 g/mol. The minimum Gasteiger partial charge on any atom is -0.497 e. The van der Waals surface area contributed by atoms with Crippen molar-refractivity contribution in [2.75, 3.05) is 12.4 Å². The fraction of sp³-hybridized carbons (Fsp3) is 0.158. The molecule has 5 nitrogen and oxygen atoms in total. The summed E-state index contributed by atoms with van der Waals surface area (Å²) in [5.74, 6) is -0.317. The lowest BCUT2D eigenvalue weighted by molar-refractivity contribution is 0.279. The van der Waals surface area contributed by atoms with E-state index in [0.717, 1.165) is 17.5 Å². The van der Waals surface area contributed by atoms with Gasteiger partial charge in [0.15, 0.2) is 11.6 Å². The van der Waals surface area contributed by atoms with Gasteiger partial charge in [0.05, 0.1) is 13.3 Å². The average molecular weight is 357 g/mol. The predicted molar refractivity (Wildman–Crippen MR) is 93.0 cm³/mol. The quantitative estimate of drug-likeness (QED) is 0.694. The van der Waals surface area contributed by atoms with Crippen molar-refractivity contribution in [2.45, 2.75) is 13.2 Å². The van der Waals surface area contributed by atoms with Crippen LogP contribution in [-0.4, -0.2) is 17.1 Å². The molecular formula is C19H17F2N3O2. The fourth-order valence-corrected chi connectivity index (χ4v) is 2.23. The Hall–Kier alpha value is -3.22. The zero-order valence-corrected chi connectivity index (χ0v) is 14.1. The first-order valence-electron chi connectivity index (χ1n) is 7.91. The maximum Gasteiger partial charge on any atom is 0.318 e. The van der Waals surface area contributed by atoms with E-state index in [1.165, 1.54) is 6.07 Å². The van der Waals surface area contributed by atoms with Crippen molar-refractivity contribution >= 4 is 5.82 Å². The van der Waals surface area contributed by atoms with E-state index in [2.05, 4.69) is 15.3 Å². The Morgan fingerprint density at radius 3 is 2.50 bits per heavy atom. The van der Waals surface area contributed by atoms with Crippen molar-refractivity contribution < 1.29 is 18.3 Å². The normalized spacial score (nSPS) is 10.4. The standard InChI is InChI=1S/C19H17F2N3O2/c1-25-15-8-6-13(7-9-15)12-26-19-23-11-17(21)18(24-19)22-10-14-4-2-3-5-16(14)20/h2-9,11H,10,12H2,1H3,(H,22,23,24). The molecule has 2 aromatic carbocycles. The van der Waals surface area contributed by atoms with Crippen LogP contribution < -0.4 is 14.8 Å². The summed E-state index contributed by atoms with van der Waals surface area (Å²) in [7, 11) is 1.59. The Bertz CT molecular complexity index is 873. The Morgan fingerprint density at radius 2 is 1.77 bits per heavy atom. The molecule has 3 aromatic rings. The zero-order valence-electron chi connectivity index (χ0n) is 14.1. The summed E-state index contributed by atoms with van der Waals surface area (Å²) in [5.41, 5.74) is 1.30. The summed E-state index contributed by atoms with van der Waals surface area (Å²) in [6.45, 7) is 0.320. The number of hydrogen-bond acceptors (Lipinski definition) is 5. The van der Waals surface area contributed by atoms with E-state index in [-0.39, 0.29) is 30.8 Å². The van der Waals surface area contributed by atoms with E-state index < -0.39 is 5.82 Å². The van der Waals surface area contributed by atoms with Crippen LogP contribution in [0.1, 0.15) is 11.1 Å². The molecule has 0 amide bonds. The lowest BCUT2D eigenvalue weighted by atomic mass is 10.2. The van der Waals surface area contributed by atoms with Crippen LogP contribution in [0.15, 0.2) is 54.7 Å². The van der Waals surface area contributed by atoms with E-state index >= 15 is 0 Å². The van der Waals surface area contributed by atoms with E-state index in [9.17, 15) is 8.78 Å². The van der Waals surface area contributed by atoms with Gasteiger partial charge in [-0.1, -0.05) is 30.3 Å². The molecule has 26 heavy (non-hydrogen) atoms. The molecule has 1 aromatic heterocycles. The number of anilines is 1. The molecule has 0 saturated carbocycles. The number of methoxy groups -OCH3 is 1. The zero-order chi connectivity index (χ0) is 18.4. The number of nitrogens with one attached hydrogen (secondary N) is 1. The monoisotopic (exact) mass is 357 g/mol. The largest absolute Gasteiger partial charge is 0.497 e. The first-order chi connectivity index (χ1) is 12.7. The molecule has 7 heteroatoms. The molecule has 3 rings (SSSR count). The van der Waals surface area contributed by atoms with Gasteiger partial charge in [0.2, 0.25) is 0 Å². The summed E-state index contributed by atoms with van der Waals surface area (Å²) in [5, 5.41) is 2.76. The highest BCUT2D eigenvalue weighted by Gasteiger charge is 2.09. The van der Waals surface area contributed by atoms with Crippen molar-refractivity contribution in [1.82, 2.24) is 9.97 Å². The third kappa shape index (κ3) is 4.44. The molecule has 0 saturated heterocycles. The van der Waals surface area contributed by atoms with Crippen LogP contribution in [-0.2, 0) is 13.2 Å². The van der Waals surface area contributed by atoms with Crippen LogP contribution in [0, 0.1) is 11.6 Å². The van der Waals surface area contributed by atoms with Gasteiger partial charge in [0.1, 0.15) is 18.2 Å². The van der Waals surface area contributed by atoms with Crippen molar-refractivity contribution in [3.8, 4) is 11.8 Å². The predicted octanol–water partition coefficient (Wildman–Crippen LogP) is 3.95. The van der Waals surface area contributed by atoms with E-state index in [0.29, 0.717) is 5.56 Å². The third-order valence-electron chi connectivity index (χ3n) is 3.65. The minimum atomic E-state index is -0.641. The molecule has 1 heterocycles. The first kappa shape index (κ1) is 17.6. The molecule has 0 aliphatic heterocycles. The lowest BCUT2D eigenvalue weighted by Gasteiger charge is -2.10. The number of rotatable bonds is 7. The van der Waals surface area contributed by atoms with Gasteiger partial charge in [0.25, 0.3) is 0 Å². The number of nitrogens with zero attached hydrogens (tertiary/aromatic N) is 2. The van der Waals surface area contributed by atoms with Crippen LogP contribution in [0.5, 0.6) is 11.8 Å². The second-order valence-electron chi connectivity index (χ2n) is 5.43. The second kappa shape index (κ2) is 8.24. The highest BCUT2D eigenvalue weighted by atomic mass is 19.1. The number of ether oxygens (including phenoxy) is 2. The molecule has 0 atom stereocenters. The molecule has 0 spiro atoms. The summed E-state index contributed by atoms with van der Waals surface area (Å²) < 4.78 is 38.1. The average Bonchev–Trinajstić information content (AvgIpc) is 2.68. The fourth-order valence-electron chi connectivity index (χ4n) is 2.23. The minimum absolute atomic E-state index is 0.0262. The number of aromatic nitrogens is 2.